The predicted octanol–water partition coefficient (Wildman–Crippen LogP) is 1.75. The summed E-state index contributed by atoms with van der Waals surface area (Å²) in [6.07, 6.45) is 0.901. The van der Waals surface area contributed by atoms with Gasteiger partial charge in [0.15, 0.2) is 11.5 Å². The molecule has 0 spiro atoms. The van der Waals surface area contributed by atoms with Crippen molar-refractivity contribution in [1.82, 2.24) is 25.1 Å². The van der Waals surface area contributed by atoms with Crippen LogP contribution in [-0.4, -0.2) is 44.8 Å². The molecule has 1 fully saturated rings. The average molecular weight is 336 g/mol. The van der Waals surface area contributed by atoms with Crippen LogP contribution in [0.15, 0.2) is 36.4 Å². The monoisotopic (exact) mass is 336 g/mol. The van der Waals surface area contributed by atoms with E-state index in [1.165, 1.54) is 0 Å². The quantitative estimate of drug-likeness (QED) is 0.789. The molecular formula is C18H20N6O. The minimum Gasteiger partial charge on any atom is -0.353 e. The fourth-order valence-electron chi connectivity index (χ4n) is 3.11. The standard InChI is InChI=1S/C18H20N6O/c1-12-3-5-14(6-4-12)18(25)19-15-9-10-23(11-15)17-8-7-16-21-20-13(2)24(16)22-17/h3-8,15H,9-11H2,1-2H3,(H,19,25). The van der Waals surface area contributed by atoms with E-state index in [4.69, 9.17) is 0 Å². The number of nitrogens with zero attached hydrogens (tertiary/aromatic N) is 5. The van der Waals surface area contributed by atoms with Gasteiger partial charge in [-0.2, -0.15) is 4.52 Å². The molecule has 4 rings (SSSR count). The molecule has 0 radical (unpaired) electrons. The molecule has 1 atom stereocenters. The number of aromatic nitrogens is 4. The molecule has 1 aromatic carbocycles. The predicted molar refractivity (Wildman–Crippen MR) is 94.8 cm³/mol. The maximum absolute atomic E-state index is 12.4. The van der Waals surface area contributed by atoms with Crippen LogP contribution >= 0.6 is 0 Å². The van der Waals surface area contributed by atoms with Crippen LogP contribution in [0.3, 0.4) is 0 Å². The number of aryl methyl sites for hydroxylation is 2. The SMILES string of the molecule is Cc1ccc(C(=O)NC2CCN(c3ccc4nnc(C)n4n3)C2)cc1. The Bertz CT molecular complexity index is 917. The molecule has 1 saturated heterocycles. The summed E-state index contributed by atoms with van der Waals surface area (Å²) in [5.41, 5.74) is 2.59. The molecule has 1 unspecified atom stereocenters. The van der Waals surface area contributed by atoms with Crippen LogP contribution in [0.25, 0.3) is 5.65 Å². The maximum atomic E-state index is 12.4. The van der Waals surface area contributed by atoms with Crippen LogP contribution in [0.4, 0.5) is 5.82 Å². The van der Waals surface area contributed by atoms with E-state index in [9.17, 15) is 4.79 Å². The van der Waals surface area contributed by atoms with Crippen molar-refractivity contribution in [2.75, 3.05) is 18.0 Å². The lowest BCUT2D eigenvalue weighted by atomic mass is 10.1. The van der Waals surface area contributed by atoms with Gasteiger partial charge in [0.05, 0.1) is 0 Å². The van der Waals surface area contributed by atoms with E-state index in [-0.39, 0.29) is 11.9 Å². The Morgan fingerprint density at radius 2 is 1.92 bits per heavy atom. The van der Waals surface area contributed by atoms with Gasteiger partial charge >= 0.3 is 0 Å². The van der Waals surface area contributed by atoms with Gasteiger partial charge in [-0.25, -0.2) is 0 Å². The molecule has 3 heterocycles. The molecule has 25 heavy (non-hydrogen) atoms. The summed E-state index contributed by atoms with van der Waals surface area (Å²) in [6, 6.07) is 11.6. The van der Waals surface area contributed by atoms with Crippen LogP contribution in [0, 0.1) is 13.8 Å². The number of anilines is 1. The third kappa shape index (κ3) is 3.05. The second-order valence-corrected chi connectivity index (χ2v) is 6.48. The fourth-order valence-corrected chi connectivity index (χ4v) is 3.11. The van der Waals surface area contributed by atoms with Crippen LogP contribution in [0.2, 0.25) is 0 Å². The molecule has 0 bridgehead atoms. The fraction of sp³-hybridized carbons (Fsp3) is 0.333. The van der Waals surface area contributed by atoms with Gasteiger partial charge in [0, 0.05) is 24.7 Å². The van der Waals surface area contributed by atoms with Crippen molar-refractivity contribution < 1.29 is 4.79 Å². The van der Waals surface area contributed by atoms with Crippen molar-refractivity contribution in [3.8, 4) is 0 Å². The third-order valence-electron chi connectivity index (χ3n) is 4.57. The minimum atomic E-state index is -0.0232. The molecule has 7 heteroatoms. The molecule has 7 nitrogen and oxygen atoms in total. The Morgan fingerprint density at radius 1 is 1.12 bits per heavy atom. The lowest BCUT2D eigenvalue weighted by molar-refractivity contribution is 0.0940. The van der Waals surface area contributed by atoms with E-state index in [1.54, 1.807) is 4.52 Å². The Hall–Kier alpha value is -2.96. The van der Waals surface area contributed by atoms with Crippen molar-refractivity contribution in [2.24, 2.45) is 0 Å². The number of fused-ring (bicyclic) bond motifs is 1. The first kappa shape index (κ1) is 15.6. The number of nitrogens with one attached hydrogen (secondary N) is 1. The molecule has 0 saturated carbocycles. The second kappa shape index (κ2) is 6.16. The zero-order valence-electron chi connectivity index (χ0n) is 14.3. The average Bonchev–Trinajstić information content (AvgIpc) is 3.22. The topological polar surface area (TPSA) is 75.4 Å². The van der Waals surface area contributed by atoms with Gasteiger partial charge < -0.3 is 10.2 Å². The Balaban J connectivity index is 1.44. The number of benzene rings is 1. The minimum absolute atomic E-state index is 0.0232. The molecule has 128 valence electrons. The lowest BCUT2D eigenvalue weighted by Crippen LogP contribution is -2.37. The lowest BCUT2D eigenvalue weighted by Gasteiger charge is -2.18. The first-order valence-corrected chi connectivity index (χ1v) is 8.42. The zero-order chi connectivity index (χ0) is 17.4. The van der Waals surface area contributed by atoms with Gasteiger partial charge in [0.1, 0.15) is 5.82 Å². The first-order valence-electron chi connectivity index (χ1n) is 8.42. The van der Waals surface area contributed by atoms with E-state index < -0.39 is 0 Å². The summed E-state index contributed by atoms with van der Waals surface area (Å²) in [5, 5.41) is 15.8. The molecule has 2 aromatic heterocycles. The van der Waals surface area contributed by atoms with Gasteiger partial charge in [-0.15, -0.1) is 15.3 Å². The smallest absolute Gasteiger partial charge is 0.251 e. The van der Waals surface area contributed by atoms with E-state index >= 15 is 0 Å². The Kier molecular flexibility index (Phi) is 3.83. The molecule has 1 aliphatic rings. The van der Waals surface area contributed by atoms with E-state index in [0.717, 1.165) is 42.4 Å². The second-order valence-electron chi connectivity index (χ2n) is 6.48. The molecular weight excluding hydrogens is 316 g/mol. The van der Waals surface area contributed by atoms with Crippen LogP contribution in [0.5, 0.6) is 0 Å². The van der Waals surface area contributed by atoms with Crippen molar-refractivity contribution in [2.45, 2.75) is 26.3 Å². The highest BCUT2D eigenvalue weighted by molar-refractivity contribution is 5.94. The zero-order valence-corrected chi connectivity index (χ0v) is 14.3. The number of hydrogen-bond donors (Lipinski definition) is 1. The van der Waals surface area contributed by atoms with Gasteiger partial charge in [-0.3, -0.25) is 4.79 Å². The Morgan fingerprint density at radius 3 is 2.72 bits per heavy atom. The number of rotatable bonds is 3. The van der Waals surface area contributed by atoms with Crippen LogP contribution in [-0.2, 0) is 0 Å². The van der Waals surface area contributed by atoms with Crippen LogP contribution < -0.4 is 10.2 Å². The molecule has 1 N–H and O–H groups in total. The first-order chi connectivity index (χ1) is 12.1. The van der Waals surface area contributed by atoms with Crippen molar-refractivity contribution in [3.05, 3.63) is 53.3 Å². The number of hydrogen-bond acceptors (Lipinski definition) is 5. The van der Waals surface area contributed by atoms with Gasteiger partial charge in [-0.1, -0.05) is 17.7 Å². The van der Waals surface area contributed by atoms with E-state index in [0.29, 0.717) is 5.56 Å². The summed E-state index contributed by atoms with van der Waals surface area (Å²) in [4.78, 5) is 14.6. The van der Waals surface area contributed by atoms with Crippen LogP contribution in [0.1, 0.15) is 28.2 Å². The van der Waals surface area contributed by atoms with Gasteiger partial charge in [-0.05, 0) is 44.5 Å². The third-order valence-corrected chi connectivity index (χ3v) is 4.57. The molecule has 1 aliphatic heterocycles. The van der Waals surface area contributed by atoms with Crippen molar-refractivity contribution in [3.63, 3.8) is 0 Å². The maximum Gasteiger partial charge on any atom is 0.251 e. The summed E-state index contributed by atoms with van der Waals surface area (Å²) in [6.45, 7) is 5.50. The summed E-state index contributed by atoms with van der Waals surface area (Å²) < 4.78 is 1.74. The summed E-state index contributed by atoms with van der Waals surface area (Å²) in [7, 11) is 0. The number of carbonyl (C=O) groups is 1. The highest BCUT2D eigenvalue weighted by Gasteiger charge is 2.25. The highest BCUT2D eigenvalue weighted by Crippen LogP contribution is 2.19. The summed E-state index contributed by atoms with van der Waals surface area (Å²) in [5.74, 6) is 1.62. The van der Waals surface area contributed by atoms with Crippen molar-refractivity contribution in [1.29, 1.82) is 0 Å². The highest BCUT2D eigenvalue weighted by atomic mass is 16.1. The normalized spacial score (nSPS) is 17.2. The Labute approximate surface area is 145 Å². The molecule has 3 aromatic rings. The molecule has 1 amide bonds. The number of carbonyl (C=O) groups excluding carboxylic acids is 1. The van der Waals surface area contributed by atoms with Gasteiger partial charge in [0.25, 0.3) is 5.91 Å². The van der Waals surface area contributed by atoms with E-state index in [1.807, 2.05) is 50.2 Å². The number of amides is 1. The summed E-state index contributed by atoms with van der Waals surface area (Å²) >= 11 is 0. The largest absolute Gasteiger partial charge is 0.353 e. The van der Waals surface area contributed by atoms with E-state index in [2.05, 4.69) is 25.5 Å². The van der Waals surface area contributed by atoms with Crippen molar-refractivity contribution >= 4 is 17.4 Å². The van der Waals surface area contributed by atoms with Gasteiger partial charge in [0.2, 0.25) is 0 Å². The molecule has 0 aliphatic carbocycles.